The second-order valence-electron chi connectivity index (χ2n) is 5.14. The van der Waals surface area contributed by atoms with Crippen molar-refractivity contribution >= 4 is 11.7 Å². The lowest BCUT2D eigenvalue weighted by Crippen LogP contribution is -2.41. The molecule has 0 aliphatic rings. The number of aliphatic hydroxyl groups excluding tert-OH is 1. The second kappa shape index (κ2) is 9.18. The third-order valence-corrected chi connectivity index (χ3v) is 3.30. The number of rotatable bonds is 7. The molecule has 0 saturated heterocycles. The van der Waals surface area contributed by atoms with Gasteiger partial charge in [-0.15, -0.1) is 0 Å². The molecule has 0 heterocycles. The number of carbonyl (C=O) groups excluding carboxylic acids is 1. The van der Waals surface area contributed by atoms with E-state index < -0.39 is 6.03 Å². The molecule has 0 spiro atoms. The number of nitrogens with one attached hydrogen (secondary N) is 2. The summed E-state index contributed by atoms with van der Waals surface area (Å²) in [5.41, 5.74) is 1.63. The molecular formula is C18H19N3O3. The number of ether oxygens (including phenoxy) is 1. The summed E-state index contributed by atoms with van der Waals surface area (Å²) in [5, 5.41) is 23.3. The first kappa shape index (κ1) is 17.3. The predicted octanol–water partition coefficient (Wildman–Crippen LogP) is 2.31. The van der Waals surface area contributed by atoms with Crippen LogP contribution in [0.15, 0.2) is 54.6 Å². The summed E-state index contributed by atoms with van der Waals surface area (Å²) in [6.45, 7) is -0.172. The van der Waals surface area contributed by atoms with Gasteiger partial charge in [-0.3, -0.25) is 0 Å². The summed E-state index contributed by atoms with van der Waals surface area (Å²) < 4.78 is 5.14. The zero-order valence-electron chi connectivity index (χ0n) is 13.1. The molecule has 2 aromatic carbocycles. The van der Waals surface area contributed by atoms with E-state index in [9.17, 15) is 9.90 Å². The van der Waals surface area contributed by atoms with Crippen LogP contribution in [0.4, 0.5) is 10.5 Å². The van der Waals surface area contributed by atoms with Crippen LogP contribution in [0, 0.1) is 11.3 Å². The Kier molecular flexibility index (Phi) is 6.62. The van der Waals surface area contributed by atoms with Crippen LogP contribution in [-0.2, 0) is 6.42 Å². The molecule has 24 heavy (non-hydrogen) atoms. The maximum absolute atomic E-state index is 12.0. The molecule has 0 aliphatic carbocycles. The van der Waals surface area contributed by atoms with Gasteiger partial charge in [-0.05, 0) is 36.2 Å². The number of nitriles is 1. The number of carbonyl (C=O) groups is 1. The molecule has 0 radical (unpaired) electrons. The van der Waals surface area contributed by atoms with Crippen LogP contribution in [0.3, 0.4) is 0 Å². The van der Waals surface area contributed by atoms with Crippen molar-refractivity contribution in [3.63, 3.8) is 0 Å². The summed E-state index contributed by atoms with van der Waals surface area (Å²) in [7, 11) is 0. The van der Waals surface area contributed by atoms with Gasteiger partial charge in [0.15, 0.2) is 6.61 Å². The summed E-state index contributed by atoms with van der Waals surface area (Å²) in [5.74, 6) is 0.555. The number of aliphatic hydroxyl groups is 1. The van der Waals surface area contributed by atoms with Gasteiger partial charge in [-0.2, -0.15) is 5.26 Å². The first-order valence-electron chi connectivity index (χ1n) is 7.53. The normalized spacial score (nSPS) is 11.2. The van der Waals surface area contributed by atoms with Crippen molar-refractivity contribution < 1.29 is 14.6 Å². The van der Waals surface area contributed by atoms with Gasteiger partial charge >= 0.3 is 6.03 Å². The highest BCUT2D eigenvalue weighted by molar-refractivity contribution is 5.89. The van der Waals surface area contributed by atoms with E-state index in [0.717, 1.165) is 5.56 Å². The highest BCUT2D eigenvalue weighted by Crippen LogP contribution is 2.15. The Morgan fingerprint density at radius 3 is 2.50 bits per heavy atom. The number of hydrogen-bond acceptors (Lipinski definition) is 4. The topological polar surface area (TPSA) is 94.4 Å². The zero-order valence-corrected chi connectivity index (χ0v) is 13.1. The molecule has 6 nitrogen and oxygen atoms in total. The molecule has 0 aromatic heterocycles. The van der Waals surface area contributed by atoms with E-state index >= 15 is 0 Å². The fourth-order valence-corrected chi connectivity index (χ4v) is 2.16. The third kappa shape index (κ3) is 5.63. The summed E-state index contributed by atoms with van der Waals surface area (Å²) >= 11 is 0. The van der Waals surface area contributed by atoms with Gasteiger partial charge in [0, 0.05) is 5.69 Å². The van der Waals surface area contributed by atoms with Gasteiger partial charge in [0.05, 0.1) is 12.6 Å². The number of anilines is 1. The minimum absolute atomic E-state index is 0.0229. The largest absolute Gasteiger partial charge is 0.479 e. The number of benzene rings is 2. The van der Waals surface area contributed by atoms with Gasteiger partial charge in [0.25, 0.3) is 0 Å². The maximum atomic E-state index is 12.0. The monoisotopic (exact) mass is 325 g/mol. The molecule has 3 N–H and O–H groups in total. The first-order chi connectivity index (χ1) is 11.7. The fourth-order valence-electron chi connectivity index (χ4n) is 2.16. The molecule has 0 fully saturated rings. The lowest BCUT2D eigenvalue weighted by atomic mass is 10.1. The Bertz CT molecular complexity index is 681. The molecule has 0 bridgehead atoms. The third-order valence-electron chi connectivity index (χ3n) is 3.30. The predicted molar refractivity (Wildman–Crippen MR) is 90.7 cm³/mol. The highest BCUT2D eigenvalue weighted by atomic mass is 16.5. The van der Waals surface area contributed by atoms with E-state index in [4.69, 9.17) is 10.00 Å². The van der Waals surface area contributed by atoms with Crippen LogP contribution >= 0.6 is 0 Å². The van der Waals surface area contributed by atoms with E-state index in [1.54, 1.807) is 24.3 Å². The average molecular weight is 325 g/mol. The van der Waals surface area contributed by atoms with Gasteiger partial charge < -0.3 is 20.5 Å². The zero-order chi connectivity index (χ0) is 17.2. The second-order valence-corrected chi connectivity index (χ2v) is 5.14. The van der Waals surface area contributed by atoms with Gasteiger partial charge in [-0.1, -0.05) is 30.3 Å². The Labute approximate surface area is 140 Å². The molecule has 124 valence electrons. The minimum atomic E-state index is -0.393. The van der Waals surface area contributed by atoms with Gasteiger partial charge in [0.2, 0.25) is 0 Å². The molecule has 0 aliphatic heterocycles. The minimum Gasteiger partial charge on any atom is -0.479 e. The quantitative estimate of drug-likeness (QED) is 0.728. The summed E-state index contributed by atoms with van der Waals surface area (Å²) in [6.07, 6.45) is 0.547. The summed E-state index contributed by atoms with van der Waals surface area (Å²) in [6, 6.07) is 17.5. The Balaban J connectivity index is 1.86. The van der Waals surface area contributed by atoms with E-state index in [0.29, 0.717) is 17.9 Å². The number of hydrogen-bond donors (Lipinski definition) is 3. The van der Waals surface area contributed by atoms with E-state index in [-0.39, 0.29) is 19.3 Å². The smallest absolute Gasteiger partial charge is 0.319 e. The van der Waals surface area contributed by atoms with E-state index in [1.807, 2.05) is 36.4 Å². The SMILES string of the molecule is N#CCOc1ccc(NC(=O)NC(CO)Cc2ccccc2)cc1. The standard InChI is InChI=1S/C18H19N3O3/c19-10-11-24-17-8-6-15(7-9-17)20-18(23)21-16(13-22)12-14-4-2-1-3-5-14/h1-9,16,22H,11-13H2,(H2,20,21,23). The highest BCUT2D eigenvalue weighted by Gasteiger charge is 2.12. The van der Waals surface area contributed by atoms with Crippen LogP contribution in [0.1, 0.15) is 5.56 Å². The average Bonchev–Trinajstić information content (AvgIpc) is 2.61. The van der Waals surface area contributed by atoms with Crippen LogP contribution < -0.4 is 15.4 Å². The molecule has 2 aromatic rings. The molecule has 0 saturated carbocycles. The number of urea groups is 1. The fraction of sp³-hybridized carbons (Fsp3) is 0.222. The molecule has 2 amide bonds. The molecule has 1 atom stereocenters. The lowest BCUT2D eigenvalue weighted by Gasteiger charge is -2.17. The van der Waals surface area contributed by atoms with Crippen molar-refractivity contribution in [1.82, 2.24) is 5.32 Å². The van der Waals surface area contributed by atoms with Crippen molar-refractivity contribution in [1.29, 1.82) is 5.26 Å². The van der Waals surface area contributed by atoms with Crippen molar-refractivity contribution in [2.24, 2.45) is 0 Å². The summed E-state index contributed by atoms with van der Waals surface area (Å²) in [4.78, 5) is 12.0. The van der Waals surface area contributed by atoms with Crippen molar-refractivity contribution in [3.05, 3.63) is 60.2 Å². The molecule has 6 heteroatoms. The first-order valence-corrected chi connectivity index (χ1v) is 7.53. The van der Waals surface area contributed by atoms with Crippen LogP contribution in [0.5, 0.6) is 5.75 Å². The van der Waals surface area contributed by atoms with Gasteiger partial charge in [0.1, 0.15) is 11.8 Å². The van der Waals surface area contributed by atoms with Crippen LogP contribution in [0.2, 0.25) is 0 Å². The lowest BCUT2D eigenvalue weighted by molar-refractivity contribution is 0.224. The molecular weight excluding hydrogens is 306 g/mol. The number of nitrogens with zero attached hydrogens (tertiary/aromatic N) is 1. The van der Waals surface area contributed by atoms with Crippen molar-refractivity contribution in [2.75, 3.05) is 18.5 Å². The molecule has 1 unspecified atom stereocenters. The van der Waals surface area contributed by atoms with E-state index in [1.165, 1.54) is 0 Å². The van der Waals surface area contributed by atoms with E-state index in [2.05, 4.69) is 10.6 Å². The Hall–Kier alpha value is -3.04. The number of amides is 2. The Morgan fingerprint density at radius 2 is 1.88 bits per heavy atom. The van der Waals surface area contributed by atoms with Crippen LogP contribution in [-0.4, -0.2) is 30.4 Å². The van der Waals surface area contributed by atoms with Gasteiger partial charge in [-0.25, -0.2) is 4.79 Å². The van der Waals surface area contributed by atoms with Crippen molar-refractivity contribution in [3.8, 4) is 11.8 Å². The Morgan fingerprint density at radius 1 is 1.17 bits per heavy atom. The molecule has 2 rings (SSSR count). The maximum Gasteiger partial charge on any atom is 0.319 e. The van der Waals surface area contributed by atoms with Crippen LogP contribution in [0.25, 0.3) is 0 Å². The van der Waals surface area contributed by atoms with Crippen molar-refractivity contribution in [2.45, 2.75) is 12.5 Å².